The van der Waals surface area contributed by atoms with Crippen molar-refractivity contribution in [2.24, 2.45) is 5.92 Å². The summed E-state index contributed by atoms with van der Waals surface area (Å²) in [6, 6.07) is 17.2. The van der Waals surface area contributed by atoms with Gasteiger partial charge in [0.2, 0.25) is 11.7 Å². The molecule has 0 bridgehead atoms. The Labute approximate surface area is 254 Å². The van der Waals surface area contributed by atoms with Crippen molar-refractivity contribution in [1.29, 1.82) is 0 Å². The molecule has 0 saturated carbocycles. The predicted octanol–water partition coefficient (Wildman–Crippen LogP) is 6.61. The molecule has 0 aliphatic rings. The molecule has 0 unspecified atom stereocenters. The molecule has 3 aromatic rings. The van der Waals surface area contributed by atoms with Crippen LogP contribution in [0, 0.1) is 5.92 Å². The van der Waals surface area contributed by atoms with Gasteiger partial charge in [-0.2, -0.15) is 0 Å². The fraction of sp³-hybridized carbons (Fsp3) is 0.371. The molecule has 2 aromatic carbocycles. The van der Waals surface area contributed by atoms with E-state index in [9.17, 15) is 14.4 Å². The summed E-state index contributed by atoms with van der Waals surface area (Å²) in [5.74, 6) is -1.30. The number of amides is 2. The fourth-order valence-corrected chi connectivity index (χ4v) is 4.46. The lowest BCUT2D eigenvalue weighted by atomic mass is 9.90. The Morgan fingerprint density at radius 2 is 1.37 bits per heavy atom. The molecule has 8 nitrogen and oxygen atoms in total. The van der Waals surface area contributed by atoms with Crippen LogP contribution in [0.4, 0.5) is 0 Å². The highest BCUT2D eigenvalue weighted by molar-refractivity contribution is 6.00. The van der Waals surface area contributed by atoms with Crippen molar-refractivity contribution in [3.05, 3.63) is 94.4 Å². The number of rotatable bonds is 11. The van der Waals surface area contributed by atoms with Gasteiger partial charge in [-0.3, -0.25) is 14.4 Å². The molecule has 0 aliphatic heterocycles. The number of hydrogen-bond acceptors (Lipinski definition) is 6. The van der Waals surface area contributed by atoms with Gasteiger partial charge in [0.15, 0.2) is 11.4 Å². The second kappa shape index (κ2) is 14.6. The number of allylic oxidation sites excluding steroid dienone is 1. The topological polar surface area (TPSA) is 107 Å². The first kappa shape index (κ1) is 33.0. The standard InChI is InChI=1S/C35H43N3O5/c1-20(2)25-12-10-14-27(18-25)30(28-15-11-13-26(19-28)21(3)4)23(7)37-33(39)24(8)38-34(40)31-32(43-35(41)22(5)6)29(42-9)16-17-36-31/h10-22,24H,1-9H3,(H,37,39)(H,38,40)/t24-/m0/s1. The molecule has 1 aromatic heterocycles. The summed E-state index contributed by atoms with van der Waals surface area (Å²) in [6.45, 7) is 15.4. The first-order chi connectivity index (χ1) is 20.3. The Bertz CT molecular complexity index is 1450. The highest BCUT2D eigenvalue weighted by Crippen LogP contribution is 2.32. The third-order valence-electron chi connectivity index (χ3n) is 7.09. The molecule has 228 valence electrons. The zero-order valence-corrected chi connectivity index (χ0v) is 26.6. The van der Waals surface area contributed by atoms with Crippen LogP contribution in [0.15, 0.2) is 66.5 Å². The fourth-order valence-electron chi connectivity index (χ4n) is 4.46. The van der Waals surface area contributed by atoms with Crippen LogP contribution >= 0.6 is 0 Å². The van der Waals surface area contributed by atoms with Crippen molar-refractivity contribution in [3.63, 3.8) is 0 Å². The van der Waals surface area contributed by atoms with E-state index in [-0.39, 0.29) is 17.2 Å². The van der Waals surface area contributed by atoms with Gasteiger partial charge >= 0.3 is 5.97 Å². The number of nitrogens with one attached hydrogen (secondary N) is 2. The molecule has 0 radical (unpaired) electrons. The molecule has 2 amide bonds. The van der Waals surface area contributed by atoms with Crippen molar-refractivity contribution in [3.8, 4) is 11.5 Å². The van der Waals surface area contributed by atoms with E-state index >= 15 is 0 Å². The Morgan fingerprint density at radius 3 is 1.86 bits per heavy atom. The number of ether oxygens (including phenoxy) is 2. The quantitative estimate of drug-likeness (QED) is 0.245. The van der Waals surface area contributed by atoms with E-state index in [1.54, 1.807) is 20.8 Å². The maximum atomic E-state index is 13.4. The van der Waals surface area contributed by atoms with Gasteiger partial charge in [0.1, 0.15) is 6.04 Å². The van der Waals surface area contributed by atoms with E-state index in [2.05, 4.69) is 67.6 Å². The largest absolute Gasteiger partial charge is 0.493 e. The predicted molar refractivity (Wildman–Crippen MR) is 169 cm³/mol. The van der Waals surface area contributed by atoms with Gasteiger partial charge in [-0.05, 0) is 47.9 Å². The Hall–Kier alpha value is -4.46. The van der Waals surface area contributed by atoms with Gasteiger partial charge in [0.05, 0.1) is 13.0 Å². The van der Waals surface area contributed by atoms with Gasteiger partial charge in [-0.25, -0.2) is 4.98 Å². The monoisotopic (exact) mass is 585 g/mol. The number of aromatic nitrogens is 1. The van der Waals surface area contributed by atoms with Crippen LogP contribution in [0.1, 0.15) is 100.0 Å². The average molecular weight is 586 g/mol. The van der Waals surface area contributed by atoms with Crippen molar-refractivity contribution < 1.29 is 23.9 Å². The maximum Gasteiger partial charge on any atom is 0.313 e. The molecular formula is C35H43N3O5. The van der Waals surface area contributed by atoms with Gasteiger partial charge in [-0.15, -0.1) is 0 Å². The Balaban J connectivity index is 1.94. The molecule has 0 fully saturated rings. The van der Waals surface area contributed by atoms with E-state index in [1.165, 1.54) is 30.5 Å². The average Bonchev–Trinajstić information content (AvgIpc) is 2.97. The number of nitrogens with zero attached hydrogens (tertiary/aromatic N) is 1. The number of hydrogen-bond donors (Lipinski definition) is 2. The number of pyridine rings is 1. The molecule has 2 N–H and O–H groups in total. The number of carbonyl (C=O) groups excluding carboxylic acids is 3. The molecule has 43 heavy (non-hydrogen) atoms. The SMILES string of the molecule is COc1ccnc(C(=O)N[C@@H](C)C(=O)NC(C)=C(c2cccc(C(C)C)c2)c2cccc(C(C)C)c2)c1OC(=O)C(C)C. The molecule has 1 heterocycles. The molecule has 8 heteroatoms. The summed E-state index contributed by atoms with van der Waals surface area (Å²) in [6.07, 6.45) is 1.38. The minimum absolute atomic E-state index is 0.0951. The molecule has 3 rings (SSSR count). The Morgan fingerprint density at radius 1 is 0.814 bits per heavy atom. The van der Waals surface area contributed by atoms with Crippen LogP contribution in [-0.2, 0) is 9.59 Å². The van der Waals surface area contributed by atoms with Crippen molar-refractivity contribution >= 4 is 23.4 Å². The van der Waals surface area contributed by atoms with Gasteiger partial charge in [-0.1, -0.05) is 90.1 Å². The maximum absolute atomic E-state index is 13.4. The third kappa shape index (κ3) is 8.31. The van der Waals surface area contributed by atoms with Crippen LogP contribution in [0.2, 0.25) is 0 Å². The highest BCUT2D eigenvalue weighted by atomic mass is 16.6. The summed E-state index contributed by atoms with van der Waals surface area (Å²) in [4.78, 5) is 43.1. The summed E-state index contributed by atoms with van der Waals surface area (Å²) in [5.41, 5.74) is 5.74. The smallest absolute Gasteiger partial charge is 0.313 e. The van der Waals surface area contributed by atoms with Crippen LogP contribution in [-0.4, -0.2) is 35.9 Å². The number of carbonyl (C=O) groups is 3. The van der Waals surface area contributed by atoms with Crippen molar-refractivity contribution in [1.82, 2.24) is 15.6 Å². The lowest BCUT2D eigenvalue weighted by Crippen LogP contribution is -2.44. The zero-order valence-electron chi connectivity index (χ0n) is 26.6. The molecular weight excluding hydrogens is 542 g/mol. The van der Waals surface area contributed by atoms with Crippen LogP contribution in [0.25, 0.3) is 5.57 Å². The van der Waals surface area contributed by atoms with Crippen LogP contribution < -0.4 is 20.1 Å². The molecule has 0 aliphatic carbocycles. The van der Waals surface area contributed by atoms with Gasteiger partial charge < -0.3 is 20.1 Å². The van der Waals surface area contributed by atoms with E-state index in [0.29, 0.717) is 17.5 Å². The lowest BCUT2D eigenvalue weighted by Gasteiger charge is -2.20. The Kier molecular flexibility index (Phi) is 11.2. The lowest BCUT2D eigenvalue weighted by molar-refractivity contribution is -0.137. The van der Waals surface area contributed by atoms with Gasteiger partial charge in [0, 0.05) is 23.5 Å². The number of esters is 1. The van der Waals surface area contributed by atoms with E-state index in [0.717, 1.165) is 16.7 Å². The van der Waals surface area contributed by atoms with Crippen LogP contribution in [0.5, 0.6) is 11.5 Å². The highest BCUT2D eigenvalue weighted by Gasteiger charge is 2.26. The van der Waals surface area contributed by atoms with Crippen molar-refractivity contribution in [2.75, 3.05) is 7.11 Å². The van der Waals surface area contributed by atoms with Crippen LogP contribution in [0.3, 0.4) is 0 Å². The third-order valence-corrected chi connectivity index (χ3v) is 7.09. The summed E-state index contributed by atoms with van der Waals surface area (Å²) in [5, 5.41) is 5.69. The second-order valence-corrected chi connectivity index (χ2v) is 11.5. The molecule has 0 spiro atoms. The number of benzene rings is 2. The minimum atomic E-state index is -0.936. The first-order valence-corrected chi connectivity index (χ1v) is 14.6. The minimum Gasteiger partial charge on any atom is -0.493 e. The van der Waals surface area contributed by atoms with E-state index in [4.69, 9.17) is 9.47 Å². The summed E-state index contributed by atoms with van der Waals surface area (Å²) < 4.78 is 10.7. The second-order valence-electron chi connectivity index (χ2n) is 11.5. The number of methoxy groups -OCH3 is 1. The summed E-state index contributed by atoms with van der Waals surface area (Å²) >= 11 is 0. The first-order valence-electron chi connectivity index (χ1n) is 14.6. The molecule has 0 saturated heterocycles. The van der Waals surface area contributed by atoms with Crippen molar-refractivity contribution in [2.45, 2.75) is 73.3 Å². The molecule has 1 atom stereocenters. The van der Waals surface area contributed by atoms with E-state index < -0.39 is 29.7 Å². The van der Waals surface area contributed by atoms with E-state index in [1.807, 2.05) is 31.2 Å². The normalized spacial score (nSPS) is 11.7. The zero-order chi connectivity index (χ0) is 31.8. The summed E-state index contributed by atoms with van der Waals surface area (Å²) in [7, 11) is 1.40. The van der Waals surface area contributed by atoms with Gasteiger partial charge in [0.25, 0.3) is 5.91 Å².